The molecule has 0 amide bonds. The van der Waals surface area contributed by atoms with Crippen molar-refractivity contribution in [3.05, 3.63) is 41.5 Å². The topological polar surface area (TPSA) is 143 Å². The number of Topliss-reactive ketones (excluding diaryl/α,β-unsaturated/α-hetero) is 1. The van der Waals surface area contributed by atoms with E-state index >= 15 is 4.79 Å². The van der Waals surface area contributed by atoms with Crippen LogP contribution in [0.1, 0.15) is 91.0 Å². The van der Waals surface area contributed by atoms with Gasteiger partial charge in [-0.25, -0.2) is 0 Å². The average Bonchev–Trinajstić information content (AvgIpc) is 3.82. The second-order valence-corrected chi connectivity index (χ2v) is 19.1. The summed E-state index contributed by atoms with van der Waals surface area (Å²) in [5, 5.41) is 16.4. The molecule has 0 spiro atoms. The van der Waals surface area contributed by atoms with E-state index in [2.05, 4.69) is 50.3 Å². The standard InChI is InChI=1S/C48H74N2O11/c1-11-30-16-13-17-38(61-40-19-18-37(50(6)7)27(4)57-40)26(3)43(52)36-23-33-32-21-31(60-48-47(56-10)46(55-9)45(54-8)28(5)58-48)22-35(32)44(53)42(41(33)34(36)24-39(51)59-30)49-29-15-12-14-25(2)20-29/h12,14-15,20,23,26-28,30-35,37-38,40-42,44-49,53H,11,13,16-19,21-22,24H2,1-10H3/t26-,27?,28?,30+,31+,32+,33+,34-,35-,37+,38+,40+,41-,42-,44-,45+,46?,47+,48+/m1/s1. The first-order chi connectivity index (χ1) is 29.3. The first kappa shape index (κ1) is 46.5. The van der Waals surface area contributed by atoms with Crippen LogP contribution in [0, 0.1) is 42.4 Å². The number of rotatable bonds is 11. The Balaban J connectivity index is 1.21. The van der Waals surface area contributed by atoms with Crippen molar-refractivity contribution < 1.29 is 52.6 Å². The summed E-state index contributed by atoms with van der Waals surface area (Å²) in [6, 6.07) is 7.99. The number of ketones is 1. The molecule has 61 heavy (non-hydrogen) atoms. The molecule has 1 aromatic rings. The number of nitrogens with zero attached hydrogens (tertiary/aromatic N) is 1. The Morgan fingerprint density at radius 2 is 1.62 bits per heavy atom. The average molecular weight is 855 g/mol. The molecule has 342 valence electrons. The highest BCUT2D eigenvalue weighted by molar-refractivity contribution is 5.99. The van der Waals surface area contributed by atoms with Gasteiger partial charge in [0.15, 0.2) is 18.4 Å². The van der Waals surface area contributed by atoms with Gasteiger partial charge in [-0.2, -0.15) is 0 Å². The zero-order valence-electron chi connectivity index (χ0n) is 38.2. The van der Waals surface area contributed by atoms with E-state index in [-0.39, 0.29) is 78.5 Å². The summed E-state index contributed by atoms with van der Waals surface area (Å²) in [4.78, 5) is 31.4. The normalized spacial score (nSPS) is 43.3. The molecule has 19 atom stereocenters. The number of aryl methyl sites for hydroxylation is 1. The second-order valence-electron chi connectivity index (χ2n) is 19.1. The van der Waals surface area contributed by atoms with Gasteiger partial charge in [0.1, 0.15) is 24.4 Å². The van der Waals surface area contributed by atoms with E-state index in [4.69, 9.17) is 37.9 Å². The summed E-state index contributed by atoms with van der Waals surface area (Å²) in [5.74, 6) is -1.78. The van der Waals surface area contributed by atoms with Crippen LogP contribution in [0.3, 0.4) is 0 Å². The quantitative estimate of drug-likeness (QED) is 0.249. The molecule has 2 N–H and O–H groups in total. The molecule has 3 unspecified atom stereocenters. The molecule has 0 bridgehead atoms. The van der Waals surface area contributed by atoms with Gasteiger partial charge in [-0.1, -0.05) is 32.1 Å². The number of nitrogens with one attached hydrogen (secondary N) is 1. The van der Waals surface area contributed by atoms with Crippen molar-refractivity contribution in [2.45, 2.75) is 172 Å². The molecule has 3 aliphatic carbocycles. The Bertz CT molecular complexity index is 1680. The van der Waals surface area contributed by atoms with Crippen molar-refractivity contribution in [3.63, 3.8) is 0 Å². The number of anilines is 1. The summed E-state index contributed by atoms with van der Waals surface area (Å²) in [7, 11) is 9.07. The summed E-state index contributed by atoms with van der Waals surface area (Å²) in [5.41, 5.74) is 2.63. The first-order valence-electron chi connectivity index (χ1n) is 23.1. The van der Waals surface area contributed by atoms with Crippen molar-refractivity contribution in [2.75, 3.05) is 40.7 Å². The van der Waals surface area contributed by atoms with Crippen molar-refractivity contribution >= 4 is 17.4 Å². The lowest BCUT2D eigenvalue weighted by atomic mass is 9.62. The third-order valence-electron chi connectivity index (χ3n) is 15.2. The zero-order valence-corrected chi connectivity index (χ0v) is 38.2. The van der Waals surface area contributed by atoms with Crippen LogP contribution in [-0.4, -0.2) is 137 Å². The van der Waals surface area contributed by atoms with Crippen molar-refractivity contribution in [2.24, 2.45) is 35.5 Å². The molecule has 0 radical (unpaired) electrons. The van der Waals surface area contributed by atoms with Gasteiger partial charge in [0.2, 0.25) is 0 Å². The molecule has 13 heteroatoms. The van der Waals surface area contributed by atoms with Crippen LogP contribution in [0.25, 0.3) is 0 Å². The third kappa shape index (κ3) is 9.81. The number of carbonyl (C=O) groups excluding carboxylic acids is 2. The Morgan fingerprint density at radius 1 is 0.885 bits per heavy atom. The lowest BCUT2D eigenvalue weighted by Crippen LogP contribution is -2.59. The van der Waals surface area contributed by atoms with E-state index < -0.39 is 48.8 Å². The molecule has 7 rings (SSSR count). The van der Waals surface area contributed by atoms with Gasteiger partial charge in [-0.3, -0.25) is 9.59 Å². The number of allylic oxidation sites excluding steroid dienone is 2. The monoisotopic (exact) mass is 855 g/mol. The summed E-state index contributed by atoms with van der Waals surface area (Å²) in [6.45, 7) is 10.1. The van der Waals surface area contributed by atoms with E-state index in [0.717, 1.165) is 30.5 Å². The van der Waals surface area contributed by atoms with Crippen LogP contribution in [0.4, 0.5) is 5.69 Å². The first-order valence-corrected chi connectivity index (χ1v) is 23.1. The molecular weight excluding hydrogens is 781 g/mol. The van der Waals surface area contributed by atoms with Gasteiger partial charge in [0.05, 0.1) is 43.0 Å². The highest BCUT2D eigenvalue weighted by atomic mass is 16.7. The Kier molecular flexibility index (Phi) is 15.4. The van der Waals surface area contributed by atoms with E-state index in [1.165, 1.54) is 0 Å². The molecule has 13 nitrogen and oxygen atoms in total. The van der Waals surface area contributed by atoms with Gasteiger partial charge in [-0.05, 0) is 133 Å². The number of cyclic esters (lactones) is 1. The van der Waals surface area contributed by atoms with Crippen LogP contribution in [-0.2, 0) is 47.5 Å². The maximum absolute atomic E-state index is 15.2. The molecule has 3 aliphatic heterocycles. The van der Waals surface area contributed by atoms with Crippen molar-refractivity contribution in [1.82, 2.24) is 4.90 Å². The number of aliphatic hydroxyl groups is 1. The van der Waals surface area contributed by atoms with E-state index in [0.29, 0.717) is 43.7 Å². The number of methoxy groups -OCH3 is 3. The summed E-state index contributed by atoms with van der Waals surface area (Å²) < 4.78 is 50.2. The van der Waals surface area contributed by atoms with E-state index in [1.807, 2.05) is 39.0 Å². The highest BCUT2D eigenvalue weighted by Crippen LogP contribution is 2.57. The van der Waals surface area contributed by atoms with Gasteiger partial charge < -0.3 is 53.2 Å². The maximum Gasteiger partial charge on any atom is 0.306 e. The van der Waals surface area contributed by atoms with Crippen LogP contribution < -0.4 is 5.32 Å². The number of aliphatic hydroxyl groups excluding tert-OH is 1. The number of fused-ring (bicyclic) bond motifs is 5. The maximum atomic E-state index is 15.2. The Hall–Kier alpha value is -2.46. The van der Waals surface area contributed by atoms with Gasteiger partial charge in [-0.15, -0.1) is 0 Å². The lowest BCUT2D eigenvalue weighted by molar-refractivity contribution is -0.314. The predicted octanol–water partition coefficient (Wildman–Crippen LogP) is 6.08. The summed E-state index contributed by atoms with van der Waals surface area (Å²) in [6.07, 6.45) is 3.62. The predicted molar refractivity (Wildman–Crippen MR) is 230 cm³/mol. The Labute approximate surface area is 363 Å². The minimum atomic E-state index is -0.789. The minimum absolute atomic E-state index is 0.00295. The fourth-order valence-corrected chi connectivity index (χ4v) is 12.1. The molecule has 6 aliphatic rings. The number of likely N-dealkylation sites (N-methyl/N-ethyl adjacent to an activating group) is 1. The number of hydrogen-bond acceptors (Lipinski definition) is 13. The SMILES string of the molecule is CC[C@H]1CCC[C@H](O[C@H]2CC[C@H](N(C)C)C(C)O2)[C@@H](C)C(=O)C2=C[C@H]3[C@@H]4C[C@H](O[C@@H]5OC(C)[C@H](OC)C(OC)[C@@H]5OC)C[C@H]4[C@@H](O)[C@H](Nc4cccc(C)c4)[C@H]3[C@@H]2CC(=O)O1. The third-order valence-corrected chi connectivity index (χ3v) is 15.2. The fraction of sp³-hybridized carbons (Fsp3) is 0.792. The number of carbonyl (C=O) groups is 2. The summed E-state index contributed by atoms with van der Waals surface area (Å²) >= 11 is 0. The van der Waals surface area contributed by atoms with Gasteiger partial charge in [0.25, 0.3) is 0 Å². The van der Waals surface area contributed by atoms with Crippen molar-refractivity contribution in [3.8, 4) is 0 Å². The smallest absolute Gasteiger partial charge is 0.306 e. The lowest BCUT2D eigenvalue weighted by Gasteiger charge is -2.47. The van der Waals surface area contributed by atoms with E-state index in [9.17, 15) is 9.90 Å². The van der Waals surface area contributed by atoms with Crippen molar-refractivity contribution in [1.29, 1.82) is 0 Å². The fourth-order valence-electron chi connectivity index (χ4n) is 12.1. The number of esters is 1. The van der Waals surface area contributed by atoms with Crippen LogP contribution in [0.15, 0.2) is 35.9 Å². The zero-order chi connectivity index (χ0) is 43.7. The second kappa shape index (κ2) is 20.2. The molecule has 3 saturated heterocycles. The number of benzene rings is 1. The largest absolute Gasteiger partial charge is 0.462 e. The van der Waals surface area contributed by atoms with Gasteiger partial charge in [0, 0.05) is 44.9 Å². The van der Waals surface area contributed by atoms with Gasteiger partial charge >= 0.3 is 5.97 Å². The molecular formula is C48H74N2O11. The van der Waals surface area contributed by atoms with Crippen LogP contribution in [0.5, 0.6) is 0 Å². The molecule has 0 aromatic heterocycles. The molecule has 5 fully saturated rings. The van der Waals surface area contributed by atoms with E-state index in [1.54, 1.807) is 21.3 Å². The molecule has 2 saturated carbocycles. The number of hydrogen-bond donors (Lipinski definition) is 2. The van der Waals surface area contributed by atoms with Crippen LogP contribution in [0.2, 0.25) is 0 Å². The molecule has 1 aromatic carbocycles. The van der Waals surface area contributed by atoms with Crippen LogP contribution >= 0.6 is 0 Å². The Morgan fingerprint density at radius 3 is 2.30 bits per heavy atom. The molecule has 3 heterocycles. The number of ether oxygens (including phenoxy) is 8. The minimum Gasteiger partial charge on any atom is -0.462 e. The highest BCUT2D eigenvalue weighted by Gasteiger charge is 2.60.